The Morgan fingerprint density at radius 2 is 1.47 bits per heavy atom. The average Bonchev–Trinajstić information content (AvgIpc) is 2.82. The molecule has 0 aliphatic heterocycles. The summed E-state index contributed by atoms with van der Waals surface area (Å²) in [4.78, 5) is 2.52. The van der Waals surface area contributed by atoms with Crippen LogP contribution in [0.2, 0.25) is 0 Å². The second-order valence-corrected chi connectivity index (χ2v) is 5.50. The van der Waals surface area contributed by atoms with E-state index in [0.29, 0.717) is 5.92 Å². The minimum absolute atomic E-state index is 0.0835. The second kappa shape index (κ2) is 6.75. The van der Waals surface area contributed by atoms with E-state index in [1.807, 2.05) is 0 Å². The summed E-state index contributed by atoms with van der Waals surface area (Å²) < 4.78 is 0. The van der Waals surface area contributed by atoms with Crippen LogP contribution in [0.1, 0.15) is 66.2 Å². The summed E-state index contributed by atoms with van der Waals surface area (Å²) in [7, 11) is 0. The Kier molecular flexibility index (Phi) is 5.94. The normalized spacial score (nSPS) is 21.4. The number of rotatable bonds is 7. The number of likely N-dealkylation sites (N-methyl/N-ethyl adjacent to an activating group) is 1. The molecule has 1 fully saturated rings. The molecule has 0 amide bonds. The minimum Gasteiger partial charge on any atom is -0.391 e. The number of aliphatic hydroxyl groups excluding tert-OH is 1. The molecule has 0 aromatic rings. The van der Waals surface area contributed by atoms with Gasteiger partial charge in [-0.3, -0.25) is 4.90 Å². The van der Waals surface area contributed by atoms with E-state index in [0.717, 1.165) is 25.9 Å². The maximum atomic E-state index is 10.9. The molecule has 0 heterocycles. The van der Waals surface area contributed by atoms with Crippen molar-refractivity contribution in [3.63, 3.8) is 0 Å². The van der Waals surface area contributed by atoms with E-state index in [1.165, 1.54) is 25.7 Å². The van der Waals surface area contributed by atoms with Gasteiger partial charge >= 0.3 is 0 Å². The molecule has 1 aliphatic carbocycles. The van der Waals surface area contributed by atoms with Gasteiger partial charge in [0, 0.05) is 5.54 Å². The molecule has 1 atom stereocenters. The van der Waals surface area contributed by atoms with Crippen LogP contribution in [0.5, 0.6) is 0 Å². The molecule has 0 bridgehead atoms. The van der Waals surface area contributed by atoms with Gasteiger partial charge in [0.15, 0.2) is 0 Å². The lowest BCUT2D eigenvalue weighted by molar-refractivity contribution is -0.0577. The van der Waals surface area contributed by atoms with Gasteiger partial charge < -0.3 is 5.11 Å². The number of hydrogen-bond acceptors (Lipinski definition) is 2. The van der Waals surface area contributed by atoms with E-state index in [1.54, 1.807) is 0 Å². The quantitative estimate of drug-likeness (QED) is 0.738. The molecule has 1 N–H and O–H groups in total. The average molecular weight is 241 g/mol. The van der Waals surface area contributed by atoms with Gasteiger partial charge in [0.1, 0.15) is 0 Å². The van der Waals surface area contributed by atoms with E-state index >= 15 is 0 Å². The molecule has 2 heteroatoms. The molecule has 1 unspecified atom stereocenters. The third kappa shape index (κ3) is 2.85. The van der Waals surface area contributed by atoms with Crippen molar-refractivity contribution in [2.45, 2.75) is 77.9 Å². The van der Waals surface area contributed by atoms with E-state index in [-0.39, 0.29) is 11.6 Å². The van der Waals surface area contributed by atoms with Crippen LogP contribution in [0.25, 0.3) is 0 Å². The summed E-state index contributed by atoms with van der Waals surface area (Å²) in [6, 6.07) is 0. The highest BCUT2D eigenvalue weighted by atomic mass is 16.3. The highest BCUT2D eigenvalue weighted by Crippen LogP contribution is 2.41. The van der Waals surface area contributed by atoms with Crippen molar-refractivity contribution in [3.05, 3.63) is 0 Å². The predicted octanol–water partition coefficient (Wildman–Crippen LogP) is 3.44. The van der Waals surface area contributed by atoms with Gasteiger partial charge in [-0.2, -0.15) is 0 Å². The maximum Gasteiger partial charge on any atom is 0.0751 e. The first-order chi connectivity index (χ1) is 8.16. The molecule has 0 aromatic carbocycles. The molecule has 1 aliphatic rings. The lowest BCUT2D eigenvalue weighted by Gasteiger charge is -2.46. The minimum atomic E-state index is -0.139. The Bertz CT molecular complexity index is 203. The monoisotopic (exact) mass is 241 g/mol. The molecule has 17 heavy (non-hydrogen) atoms. The summed E-state index contributed by atoms with van der Waals surface area (Å²) >= 11 is 0. The standard InChI is InChI=1S/C15H31NO/c1-5-13(6-2)14(17)15(11-9-10-12-15)16(7-3)8-4/h13-14,17H,5-12H2,1-4H3. The van der Waals surface area contributed by atoms with Crippen molar-refractivity contribution < 1.29 is 5.11 Å². The third-order valence-electron chi connectivity index (χ3n) is 4.91. The van der Waals surface area contributed by atoms with Crippen LogP contribution in [0.4, 0.5) is 0 Å². The third-order valence-corrected chi connectivity index (χ3v) is 4.91. The van der Waals surface area contributed by atoms with E-state index in [2.05, 4.69) is 32.6 Å². The fraction of sp³-hybridized carbons (Fsp3) is 1.00. The lowest BCUT2D eigenvalue weighted by Crippen LogP contribution is -2.57. The molecule has 0 aromatic heterocycles. The van der Waals surface area contributed by atoms with Gasteiger partial charge in [-0.1, -0.05) is 53.4 Å². The Balaban J connectivity index is 2.90. The number of hydrogen-bond donors (Lipinski definition) is 1. The van der Waals surface area contributed by atoms with Crippen LogP contribution in [0, 0.1) is 5.92 Å². The van der Waals surface area contributed by atoms with Crippen molar-refractivity contribution in [2.24, 2.45) is 5.92 Å². The zero-order valence-corrected chi connectivity index (χ0v) is 12.2. The van der Waals surface area contributed by atoms with E-state index in [9.17, 15) is 5.11 Å². The van der Waals surface area contributed by atoms with Crippen LogP contribution in [0.3, 0.4) is 0 Å². The predicted molar refractivity (Wildman–Crippen MR) is 74.2 cm³/mol. The first-order valence-electron chi connectivity index (χ1n) is 7.59. The fourth-order valence-corrected chi connectivity index (χ4v) is 3.81. The van der Waals surface area contributed by atoms with Crippen molar-refractivity contribution in [1.82, 2.24) is 4.90 Å². The first-order valence-corrected chi connectivity index (χ1v) is 7.59. The molecule has 102 valence electrons. The number of nitrogens with zero attached hydrogens (tertiary/aromatic N) is 1. The summed E-state index contributed by atoms with van der Waals surface area (Å²) in [5.41, 5.74) is 0.0835. The van der Waals surface area contributed by atoms with Gasteiger partial charge in [-0.15, -0.1) is 0 Å². The van der Waals surface area contributed by atoms with Crippen molar-refractivity contribution in [1.29, 1.82) is 0 Å². The zero-order valence-electron chi connectivity index (χ0n) is 12.2. The summed E-state index contributed by atoms with van der Waals surface area (Å²) in [6.45, 7) is 11.0. The van der Waals surface area contributed by atoms with Crippen molar-refractivity contribution in [2.75, 3.05) is 13.1 Å². The largest absolute Gasteiger partial charge is 0.391 e. The Morgan fingerprint density at radius 1 is 1.00 bits per heavy atom. The molecule has 0 saturated heterocycles. The van der Waals surface area contributed by atoms with Crippen molar-refractivity contribution in [3.8, 4) is 0 Å². The summed E-state index contributed by atoms with van der Waals surface area (Å²) in [5.74, 6) is 0.466. The van der Waals surface area contributed by atoms with Crippen molar-refractivity contribution >= 4 is 0 Å². The molecule has 0 radical (unpaired) electrons. The van der Waals surface area contributed by atoms with Crippen LogP contribution in [-0.2, 0) is 0 Å². The van der Waals surface area contributed by atoms with Gasteiger partial charge in [0.2, 0.25) is 0 Å². The highest BCUT2D eigenvalue weighted by molar-refractivity contribution is 5.01. The van der Waals surface area contributed by atoms with E-state index in [4.69, 9.17) is 0 Å². The molecule has 2 nitrogen and oxygen atoms in total. The maximum absolute atomic E-state index is 10.9. The first kappa shape index (κ1) is 15.0. The second-order valence-electron chi connectivity index (χ2n) is 5.50. The van der Waals surface area contributed by atoms with Crippen LogP contribution < -0.4 is 0 Å². The van der Waals surface area contributed by atoms with Crippen LogP contribution in [0.15, 0.2) is 0 Å². The smallest absolute Gasteiger partial charge is 0.0751 e. The van der Waals surface area contributed by atoms with E-state index < -0.39 is 0 Å². The highest BCUT2D eigenvalue weighted by Gasteiger charge is 2.46. The molecule has 1 rings (SSSR count). The Hall–Kier alpha value is -0.0800. The molecule has 1 saturated carbocycles. The topological polar surface area (TPSA) is 23.5 Å². The molecular formula is C15H31NO. The van der Waals surface area contributed by atoms with Gasteiger partial charge in [0.25, 0.3) is 0 Å². The van der Waals surface area contributed by atoms with Crippen LogP contribution >= 0.6 is 0 Å². The summed E-state index contributed by atoms with van der Waals surface area (Å²) in [5, 5.41) is 10.9. The molecule has 0 spiro atoms. The van der Waals surface area contributed by atoms with Gasteiger partial charge in [0.05, 0.1) is 6.10 Å². The Morgan fingerprint density at radius 3 is 1.82 bits per heavy atom. The Labute approximate surface area is 107 Å². The number of aliphatic hydroxyl groups is 1. The van der Waals surface area contributed by atoms with Crippen LogP contribution in [-0.4, -0.2) is 34.7 Å². The summed E-state index contributed by atoms with van der Waals surface area (Å²) in [6.07, 6.45) is 7.00. The van der Waals surface area contributed by atoms with Gasteiger partial charge in [-0.25, -0.2) is 0 Å². The SMILES string of the molecule is CCC(CC)C(O)C1(N(CC)CC)CCCC1. The molecular weight excluding hydrogens is 210 g/mol. The van der Waals surface area contributed by atoms with Gasteiger partial charge in [-0.05, 0) is 31.8 Å². The lowest BCUT2D eigenvalue weighted by atomic mass is 9.78. The zero-order chi connectivity index (χ0) is 12.9. The fourth-order valence-electron chi connectivity index (χ4n) is 3.81.